The summed E-state index contributed by atoms with van der Waals surface area (Å²) in [5, 5.41) is 2.84. The summed E-state index contributed by atoms with van der Waals surface area (Å²) < 4.78 is 0. The van der Waals surface area contributed by atoms with E-state index in [2.05, 4.69) is 11.4 Å². The van der Waals surface area contributed by atoms with Gasteiger partial charge in [0.05, 0.1) is 12.6 Å². The Balaban J connectivity index is 1.59. The Hall–Kier alpha value is -1.55. The Morgan fingerprint density at radius 3 is 2.67 bits per heavy atom. The smallest absolute Gasteiger partial charge is 0.242 e. The summed E-state index contributed by atoms with van der Waals surface area (Å²) >= 11 is 6.15. The predicted octanol–water partition coefficient (Wildman–Crippen LogP) is 3.05. The zero-order valence-electron chi connectivity index (χ0n) is 14.0. The van der Waals surface area contributed by atoms with Gasteiger partial charge in [-0.1, -0.05) is 43.5 Å². The van der Waals surface area contributed by atoms with Crippen LogP contribution in [0.25, 0.3) is 0 Å². The predicted molar refractivity (Wildman–Crippen MR) is 94.9 cm³/mol. The van der Waals surface area contributed by atoms with Crippen molar-refractivity contribution >= 4 is 23.4 Å². The zero-order valence-corrected chi connectivity index (χ0v) is 14.7. The maximum absolute atomic E-state index is 12.6. The molecule has 1 atom stereocenters. The van der Waals surface area contributed by atoms with Crippen LogP contribution < -0.4 is 5.32 Å². The van der Waals surface area contributed by atoms with E-state index in [1.807, 2.05) is 23.1 Å². The molecule has 130 valence electrons. The Morgan fingerprint density at radius 1 is 1.17 bits per heavy atom. The molecule has 2 aliphatic rings. The average molecular weight is 349 g/mol. The second kappa shape index (κ2) is 8.02. The van der Waals surface area contributed by atoms with Gasteiger partial charge in [-0.15, -0.1) is 11.6 Å². The van der Waals surface area contributed by atoms with Crippen molar-refractivity contribution in [2.75, 3.05) is 19.0 Å². The molecule has 1 heterocycles. The van der Waals surface area contributed by atoms with Gasteiger partial charge in [-0.05, 0) is 30.4 Å². The van der Waals surface area contributed by atoms with E-state index < -0.39 is 0 Å². The van der Waals surface area contributed by atoms with Gasteiger partial charge in [-0.3, -0.25) is 9.59 Å². The summed E-state index contributed by atoms with van der Waals surface area (Å²) in [5.41, 5.74) is 2.39. The fraction of sp³-hybridized carbons (Fsp3) is 0.579. The van der Waals surface area contributed by atoms with Gasteiger partial charge in [0.15, 0.2) is 0 Å². The summed E-state index contributed by atoms with van der Waals surface area (Å²) in [6.07, 6.45) is 6.18. The number of amides is 2. The second-order valence-corrected chi connectivity index (χ2v) is 7.07. The molecular weight excluding hydrogens is 324 g/mol. The molecule has 24 heavy (non-hydrogen) atoms. The van der Waals surface area contributed by atoms with Crippen LogP contribution in [0.1, 0.15) is 49.3 Å². The second-order valence-electron chi connectivity index (χ2n) is 6.76. The number of fused-ring (bicyclic) bond motifs is 1. The van der Waals surface area contributed by atoms with Crippen molar-refractivity contribution in [3.05, 3.63) is 35.4 Å². The minimum atomic E-state index is -0.101. The molecule has 1 saturated carbocycles. The van der Waals surface area contributed by atoms with Crippen molar-refractivity contribution in [2.24, 2.45) is 5.92 Å². The van der Waals surface area contributed by atoms with Gasteiger partial charge >= 0.3 is 0 Å². The molecule has 4 nitrogen and oxygen atoms in total. The lowest BCUT2D eigenvalue weighted by atomic mass is 9.88. The molecular formula is C19H25ClN2O2. The van der Waals surface area contributed by atoms with E-state index in [-0.39, 0.29) is 30.3 Å². The number of hydrogen-bond acceptors (Lipinski definition) is 2. The van der Waals surface area contributed by atoms with Crippen LogP contribution in [0.15, 0.2) is 24.3 Å². The van der Waals surface area contributed by atoms with Crippen molar-refractivity contribution in [3.8, 4) is 0 Å². The van der Waals surface area contributed by atoms with Crippen molar-refractivity contribution < 1.29 is 9.59 Å². The Morgan fingerprint density at radius 2 is 1.92 bits per heavy atom. The third kappa shape index (κ3) is 3.75. The number of alkyl halides is 1. The summed E-state index contributed by atoms with van der Waals surface area (Å²) in [5.74, 6) is 0.443. The van der Waals surface area contributed by atoms with Crippen molar-refractivity contribution in [2.45, 2.75) is 44.6 Å². The van der Waals surface area contributed by atoms with Crippen molar-refractivity contribution in [1.82, 2.24) is 10.2 Å². The fourth-order valence-electron chi connectivity index (χ4n) is 3.89. The minimum absolute atomic E-state index is 0.0304. The third-order valence-electron chi connectivity index (χ3n) is 5.27. The number of halogens is 1. The van der Waals surface area contributed by atoms with Crippen LogP contribution in [-0.2, 0) is 16.0 Å². The first-order valence-corrected chi connectivity index (χ1v) is 9.45. The van der Waals surface area contributed by atoms with Crippen molar-refractivity contribution in [1.29, 1.82) is 0 Å². The first-order chi connectivity index (χ1) is 11.7. The maximum Gasteiger partial charge on any atom is 0.242 e. The molecule has 0 unspecified atom stereocenters. The highest BCUT2D eigenvalue weighted by Crippen LogP contribution is 2.30. The normalized spacial score (nSPS) is 21.2. The van der Waals surface area contributed by atoms with E-state index >= 15 is 0 Å². The van der Waals surface area contributed by atoms with Crippen LogP contribution in [0, 0.1) is 5.92 Å². The lowest BCUT2D eigenvalue weighted by Crippen LogP contribution is -2.46. The number of carbonyl (C=O) groups is 2. The van der Waals surface area contributed by atoms with Gasteiger partial charge in [0, 0.05) is 18.3 Å². The number of nitrogens with one attached hydrogen (secondary N) is 1. The number of hydrogen-bond donors (Lipinski definition) is 1. The zero-order chi connectivity index (χ0) is 16.9. The van der Waals surface area contributed by atoms with E-state index in [1.54, 1.807) is 0 Å². The standard InChI is InChI=1S/C19H25ClN2O2/c20-12-17-16-9-5-4-6-14(16)10-11-22(17)18(23)13-21-19(24)15-7-2-1-3-8-15/h4-6,9,15,17H,1-3,7-8,10-13H2,(H,21,24)/t17-/m0/s1. The highest BCUT2D eigenvalue weighted by Gasteiger charge is 2.30. The Labute approximate surface area is 148 Å². The summed E-state index contributed by atoms with van der Waals surface area (Å²) in [6, 6.07) is 8.04. The lowest BCUT2D eigenvalue weighted by molar-refractivity contribution is -0.136. The fourth-order valence-corrected chi connectivity index (χ4v) is 4.22. The van der Waals surface area contributed by atoms with Crippen LogP contribution in [0.4, 0.5) is 0 Å². The lowest BCUT2D eigenvalue weighted by Gasteiger charge is -2.36. The quantitative estimate of drug-likeness (QED) is 0.850. The first kappa shape index (κ1) is 17.3. The van der Waals surface area contributed by atoms with Crippen LogP contribution >= 0.6 is 11.6 Å². The van der Waals surface area contributed by atoms with E-state index in [0.717, 1.165) is 37.7 Å². The van der Waals surface area contributed by atoms with Crippen LogP contribution in [-0.4, -0.2) is 35.7 Å². The maximum atomic E-state index is 12.6. The molecule has 0 radical (unpaired) electrons. The number of benzene rings is 1. The van der Waals surface area contributed by atoms with Crippen LogP contribution in [0.3, 0.4) is 0 Å². The molecule has 1 N–H and O–H groups in total. The molecule has 0 aromatic heterocycles. The van der Waals surface area contributed by atoms with Crippen LogP contribution in [0.2, 0.25) is 0 Å². The molecule has 0 bridgehead atoms. The van der Waals surface area contributed by atoms with Gasteiger partial charge in [-0.2, -0.15) is 0 Å². The number of rotatable bonds is 4. The van der Waals surface area contributed by atoms with Crippen molar-refractivity contribution in [3.63, 3.8) is 0 Å². The van der Waals surface area contributed by atoms with E-state index in [9.17, 15) is 9.59 Å². The van der Waals surface area contributed by atoms with Gasteiger partial charge in [-0.25, -0.2) is 0 Å². The molecule has 0 saturated heterocycles. The number of carbonyl (C=O) groups excluding carboxylic acids is 2. The number of nitrogens with zero attached hydrogens (tertiary/aromatic N) is 1. The molecule has 1 fully saturated rings. The Kier molecular flexibility index (Phi) is 5.77. The summed E-state index contributed by atoms with van der Waals surface area (Å²) in [6.45, 7) is 0.734. The minimum Gasteiger partial charge on any atom is -0.347 e. The van der Waals surface area contributed by atoms with E-state index in [1.165, 1.54) is 12.0 Å². The summed E-state index contributed by atoms with van der Waals surface area (Å²) in [7, 11) is 0. The van der Waals surface area contributed by atoms with Gasteiger partial charge in [0.2, 0.25) is 11.8 Å². The van der Waals surface area contributed by atoms with Gasteiger partial charge in [0.1, 0.15) is 0 Å². The van der Waals surface area contributed by atoms with E-state index in [0.29, 0.717) is 12.4 Å². The molecule has 1 aliphatic carbocycles. The van der Waals surface area contributed by atoms with Gasteiger partial charge < -0.3 is 10.2 Å². The monoisotopic (exact) mass is 348 g/mol. The summed E-state index contributed by atoms with van der Waals surface area (Å²) in [4.78, 5) is 26.7. The molecule has 2 amide bonds. The molecule has 1 aliphatic heterocycles. The topological polar surface area (TPSA) is 49.4 Å². The first-order valence-electron chi connectivity index (χ1n) is 8.91. The van der Waals surface area contributed by atoms with E-state index in [4.69, 9.17) is 11.6 Å². The van der Waals surface area contributed by atoms with Gasteiger partial charge in [0.25, 0.3) is 0 Å². The Bertz CT molecular complexity index is 599. The average Bonchev–Trinajstić information content (AvgIpc) is 2.65. The molecule has 5 heteroatoms. The molecule has 1 aromatic rings. The molecule has 1 aromatic carbocycles. The van der Waals surface area contributed by atoms with Crippen LogP contribution in [0.5, 0.6) is 0 Å². The highest BCUT2D eigenvalue weighted by molar-refractivity contribution is 6.18. The molecule has 3 rings (SSSR count). The molecule has 0 spiro atoms. The highest BCUT2D eigenvalue weighted by atomic mass is 35.5. The third-order valence-corrected chi connectivity index (χ3v) is 5.56. The largest absolute Gasteiger partial charge is 0.347 e. The SMILES string of the molecule is O=C(NCC(=O)N1CCc2ccccc2[C@@H]1CCl)C1CCCCC1.